The van der Waals surface area contributed by atoms with E-state index in [1.165, 1.54) is 16.4 Å². The van der Waals surface area contributed by atoms with Gasteiger partial charge in [-0.2, -0.15) is 4.98 Å². The van der Waals surface area contributed by atoms with Crippen molar-refractivity contribution in [3.63, 3.8) is 0 Å². The first-order valence-electron chi connectivity index (χ1n) is 6.21. The van der Waals surface area contributed by atoms with E-state index < -0.39 is 29.6 Å². The van der Waals surface area contributed by atoms with Crippen LogP contribution in [-0.2, 0) is 9.09 Å². The molecule has 1 fully saturated rings. The number of aromatic nitrogens is 5. The van der Waals surface area contributed by atoms with E-state index in [4.69, 9.17) is 10.3 Å². The van der Waals surface area contributed by atoms with E-state index in [1.807, 2.05) is 0 Å². The van der Waals surface area contributed by atoms with Crippen LogP contribution in [0.15, 0.2) is 4.79 Å². The molecule has 1 saturated heterocycles. The summed E-state index contributed by atoms with van der Waals surface area (Å²) in [6.45, 7) is -0.00753. The predicted octanol–water partition coefficient (Wildman–Crippen LogP) is 0.775. The van der Waals surface area contributed by atoms with Crippen LogP contribution in [0.4, 0.5) is 10.3 Å². The molecule has 3 N–H and O–H groups in total. The molecule has 0 spiro atoms. The molecule has 1 unspecified atom stereocenters. The van der Waals surface area contributed by atoms with Crippen molar-refractivity contribution in [2.75, 3.05) is 12.3 Å². The average Bonchev–Trinajstić information content (AvgIpc) is 3.00. The third-order valence-electron chi connectivity index (χ3n) is 3.16. The summed E-state index contributed by atoms with van der Waals surface area (Å²) in [5.41, 5.74) is 5.26. The number of nitrogens with zero attached hydrogens (tertiary/aromatic N) is 4. The van der Waals surface area contributed by atoms with Gasteiger partial charge in [-0.15, -0.1) is 16.9 Å². The minimum atomic E-state index is -2.41. The molecule has 2 aromatic rings. The van der Waals surface area contributed by atoms with E-state index >= 15 is 0 Å². The fourth-order valence-corrected chi connectivity index (χ4v) is 4.24. The Balaban J connectivity index is 1.86. The lowest BCUT2D eigenvalue weighted by Gasteiger charge is -2.11. The molecule has 2 aromatic heterocycles. The van der Waals surface area contributed by atoms with Crippen LogP contribution < -0.4 is 11.3 Å². The lowest BCUT2D eigenvalue weighted by molar-refractivity contribution is 0.250. The van der Waals surface area contributed by atoms with Gasteiger partial charge in [0.1, 0.15) is 11.5 Å². The number of alkyl halides is 1. The van der Waals surface area contributed by atoms with Gasteiger partial charge in [0.15, 0.2) is 11.2 Å². The number of hydrogen-bond donors (Lipinski definition) is 3. The summed E-state index contributed by atoms with van der Waals surface area (Å²) in [6.07, 6.45) is -1.01. The van der Waals surface area contributed by atoms with Gasteiger partial charge >= 0.3 is 0 Å². The van der Waals surface area contributed by atoms with Gasteiger partial charge in [0.05, 0.1) is 11.9 Å². The van der Waals surface area contributed by atoms with Gasteiger partial charge in [0.2, 0.25) is 13.2 Å². The Morgan fingerprint density at radius 1 is 1.64 bits per heavy atom. The topological polar surface area (TPSA) is 129 Å². The smallest absolute Gasteiger partial charge is 0.282 e. The van der Waals surface area contributed by atoms with Crippen LogP contribution in [0.2, 0.25) is 0 Å². The molecule has 9 nitrogen and oxygen atoms in total. The summed E-state index contributed by atoms with van der Waals surface area (Å²) in [4.78, 5) is 18.0. The number of hydrogen-bond acceptors (Lipinski definition) is 8. The fourth-order valence-electron chi connectivity index (χ4n) is 2.19. The number of thiol groups is 1. The van der Waals surface area contributed by atoms with Crippen molar-refractivity contribution in [2.24, 2.45) is 0 Å². The summed E-state index contributed by atoms with van der Waals surface area (Å²) in [7, 11) is -2.41. The second kappa shape index (κ2) is 6.19. The van der Waals surface area contributed by atoms with Gasteiger partial charge in [0.25, 0.3) is 5.56 Å². The standard InChI is InChI=1S/C9H12FN6O3PS2/c10-3-1-5(22-4(3)2-19-20(18)21)16-7-6(14-15-16)8(17)13-9(11)12-7/h3-5,20H,1-2H2,(H,18,21)(H3,11,12,13,17)/t3-,4-,5-/m1/s1. The number of nitrogen functional groups attached to an aromatic ring is 1. The zero-order valence-electron chi connectivity index (χ0n) is 11.0. The first kappa shape index (κ1) is 15.8. The highest BCUT2D eigenvalue weighted by atomic mass is 32.7. The van der Waals surface area contributed by atoms with Crippen molar-refractivity contribution in [3.05, 3.63) is 10.4 Å². The van der Waals surface area contributed by atoms with Crippen LogP contribution in [-0.4, -0.2) is 43.0 Å². The number of rotatable bonds is 4. The third kappa shape index (κ3) is 3.00. The Morgan fingerprint density at radius 2 is 2.41 bits per heavy atom. The molecule has 1 aliphatic heterocycles. The Labute approximate surface area is 133 Å². The van der Waals surface area contributed by atoms with E-state index in [1.54, 1.807) is 0 Å². The summed E-state index contributed by atoms with van der Waals surface area (Å²) in [5, 5.41) is 6.73. The van der Waals surface area contributed by atoms with Gasteiger partial charge in [0, 0.05) is 6.42 Å². The maximum atomic E-state index is 14.0. The molecule has 0 amide bonds. The van der Waals surface area contributed by atoms with Crippen molar-refractivity contribution in [1.29, 1.82) is 0 Å². The quantitative estimate of drug-likeness (QED) is 0.535. The molecule has 120 valence electrons. The van der Waals surface area contributed by atoms with Crippen molar-refractivity contribution >= 4 is 48.4 Å². The van der Waals surface area contributed by atoms with E-state index in [2.05, 4.69) is 32.5 Å². The number of fused-ring (bicyclic) bond motifs is 1. The molecule has 0 aromatic carbocycles. The van der Waals surface area contributed by atoms with Crippen LogP contribution >= 0.6 is 31.2 Å². The number of halogens is 1. The maximum Gasteiger partial charge on any atom is 0.282 e. The van der Waals surface area contributed by atoms with E-state index in [0.717, 1.165) is 0 Å². The number of thioether (sulfide) groups is 1. The fraction of sp³-hybridized carbons (Fsp3) is 0.556. The van der Waals surface area contributed by atoms with Crippen molar-refractivity contribution in [2.45, 2.75) is 23.2 Å². The summed E-state index contributed by atoms with van der Waals surface area (Å²) < 4.78 is 31.2. The molecule has 4 atom stereocenters. The van der Waals surface area contributed by atoms with Crippen LogP contribution in [0.5, 0.6) is 0 Å². The van der Waals surface area contributed by atoms with Gasteiger partial charge in [-0.3, -0.25) is 14.3 Å². The Hall–Kier alpha value is -1.10. The number of H-pyrrole nitrogens is 1. The summed E-state index contributed by atoms with van der Waals surface area (Å²) in [5.74, 6) is -0.0607. The minimum absolute atomic E-state index is 0.00753. The van der Waals surface area contributed by atoms with Crippen LogP contribution in [0, 0.1) is 0 Å². The highest BCUT2D eigenvalue weighted by Crippen LogP contribution is 2.44. The summed E-state index contributed by atoms with van der Waals surface area (Å²) in [6, 6.07) is 0. The lowest BCUT2D eigenvalue weighted by Crippen LogP contribution is -2.17. The van der Waals surface area contributed by atoms with Crippen molar-refractivity contribution < 1.29 is 13.5 Å². The average molecular weight is 366 g/mol. The SMILES string of the molecule is Nc1nc2c(nnn2[C@H]2C[C@@H](F)[C@@H](CO[PH](=O)S)S2)c(=O)[nH]1. The normalized spacial score (nSPS) is 26.5. The molecule has 3 rings (SSSR count). The second-order valence-corrected chi connectivity index (χ2v) is 7.95. The van der Waals surface area contributed by atoms with Crippen molar-refractivity contribution in [1.82, 2.24) is 25.0 Å². The van der Waals surface area contributed by atoms with Crippen molar-refractivity contribution in [3.8, 4) is 0 Å². The molecular formula is C9H12FN6O3PS2. The monoisotopic (exact) mass is 366 g/mol. The lowest BCUT2D eigenvalue weighted by atomic mass is 10.2. The number of aromatic amines is 1. The molecule has 22 heavy (non-hydrogen) atoms. The maximum absolute atomic E-state index is 14.0. The first-order valence-corrected chi connectivity index (χ1v) is 9.76. The van der Waals surface area contributed by atoms with Gasteiger partial charge < -0.3 is 10.3 Å². The molecule has 13 heteroatoms. The molecule has 0 radical (unpaired) electrons. The zero-order valence-corrected chi connectivity index (χ0v) is 13.7. The van der Waals surface area contributed by atoms with E-state index in [0.29, 0.717) is 0 Å². The largest absolute Gasteiger partial charge is 0.369 e. The third-order valence-corrected chi connectivity index (χ3v) is 5.45. The predicted molar refractivity (Wildman–Crippen MR) is 84.2 cm³/mol. The highest BCUT2D eigenvalue weighted by molar-refractivity contribution is 8.39. The van der Waals surface area contributed by atoms with Crippen LogP contribution in [0.25, 0.3) is 11.2 Å². The number of nitrogens with one attached hydrogen (secondary N) is 1. The van der Waals surface area contributed by atoms with Gasteiger partial charge in [-0.1, -0.05) is 17.5 Å². The molecule has 1 aliphatic rings. The van der Waals surface area contributed by atoms with Gasteiger partial charge in [-0.25, -0.2) is 9.07 Å². The minimum Gasteiger partial charge on any atom is -0.369 e. The molecule has 3 heterocycles. The summed E-state index contributed by atoms with van der Waals surface area (Å²) >= 11 is 4.91. The Morgan fingerprint density at radius 3 is 3.14 bits per heavy atom. The first-order chi connectivity index (χ1) is 10.5. The van der Waals surface area contributed by atoms with E-state index in [-0.39, 0.29) is 30.1 Å². The molecule has 0 saturated carbocycles. The molecule has 0 aliphatic carbocycles. The second-order valence-electron chi connectivity index (χ2n) is 4.62. The molecular weight excluding hydrogens is 354 g/mol. The molecule has 0 bridgehead atoms. The number of anilines is 1. The zero-order chi connectivity index (χ0) is 15.9. The number of nitrogens with two attached hydrogens (primary N) is 1. The van der Waals surface area contributed by atoms with E-state index in [9.17, 15) is 13.8 Å². The van der Waals surface area contributed by atoms with Crippen LogP contribution in [0.1, 0.15) is 11.8 Å². The van der Waals surface area contributed by atoms with Gasteiger partial charge in [-0.05, 0) is 0 Å². The Bertz CT molecular complexity index is 784. The highest BCUT2D eigenvalue weighted by Gasteiger charge is 2.38. The van der Waals surface area contributed by atoms with Crippen LogP contribution in [0.3, 0.4) is 0 Å². The Kier molecular flexibility index (Phi) is 4.44.